The number of benzene rings is 2. The number of ether oxygens (including phenoxy) is 1. The van der Waals surface area contributed by atoms with E-state index in [-0.39, 0.29) is 12.3 Å². The molecule has 0 N–H and O–H groups in total. The van der Waals surface area contributed by atoms with E-state index in [0.717, 1.165) is 0 Å². The summed E-state index contributed by atoms with van der Waals surface area (Å²) in [5.41, 5.74) is 0.255. The summed E-state index contributed by atoms with van der Waals surface area (Å²) < 4.78 is 6.25. The van der Waals surface area contributed by atoms with Crippen LogP contribution in [0, 0.1) is 0 Å². The number of hydrogen-bond donors (Lipinski definition) is 0. The molecule has 0 fully saturated rings. The van der Waals surface area contributed by atoms with Gasteiger partial charge in [0.2, 0.25) is 0 Å². The van der Waals surface area contributed by atoms with Gasteiger partial charge in [0, 0.05) is 5.69 Å². The first kappa shape index (κ1) is 16.4. The number of carbonyl (C=O) groups excluding carboxylic acids is 2. The summed E-state index contributed by atoms with van der Waals surface area (Å²) in [6.07, 6.45) is 0. The standard InChI is InChI=1S/C19H14N2O4/c1-2-25-19(24)14(12-22)17-18(23)21(13-8-4-3-5-9-13)16-11-7-6-10-15(16)20-17/h3-11H,2H2,1H3. The monoisotopic (exact) mass is 334 g/mol. The molecule has 124 valence electrons. The van der Waals surface area contributed by atoms with Crippen molar-refractivity contribution in [1.82, 2.24) is 9.55 Å². The number of rotatable bonds is 4. The van der Waals surface area contributed by atoms with E-state index in [0.29, 0.717) is 16.7 Å². The van der Waals surface area contributed by atoms with E-state index in [1.807, 2.05) is 6.07 Å². The van der Waals surface area contributed by atoms with Gasteiger partial charge in [-0.25, -0.2) is 14.6 Å². The topological polar surface area (TPSA) is 78.3 Å². The molecule has 0 radical (unpaired) electrons. The van der Waals surface area contributed by atoms with Crippen molar-refractivity contribution in [3.63, 3.8) is 0 Å². The minimum absolute atomic E-state index is 0.0739. The maximum Gasteiger partial charge on any atom is 0.351 e. The van der Waals surface area contributed by atoms with Crippen LogP contribution in [-0.2, 0) is 14.3 Å². The van der Waals surface area contributed by atoms with E-state index in [1.54, 1.807) is 55.5 Å². The number of aromatic nitrogens is 2. The molecular formula is C19H14N2O4. The second-order valence-corrected chi connectivity index (χ2v) is 5.12. The summed E-state index contributed by atoms with van der Waals surface area (Å²) >= 11 is 0. The summed E-state index contributed by atoms with van der Waals surface area (Å²) in [6.45, 7) is 1.68. The molecule has 6 heteroatoms. The van der Waals surface area contributed by atoms with Crippen molar-refractivity contribution < 1.29 is 14.3 Å². The normalized spacial score (nSPS) is 10.3. The van der Waals surface area contributed by atoms with Crippen molar-refractivity contribution in [2.45, 2.75) is 6.92 Å². The second-order valence-electron chi connectivity index (χ2n) is 5.12. The van der Waals surface area contributed by atoms with Crippen molar-refractivity contribution in [3.05, 3.63) is 70.6 Å². The maximum absolute atomic E-state index is 13.0. The molecule has 0 bridgehead atoms. The van der Waals surface area contributed by atoms with Gasteiger partial charge in [-0.2, -0.15) is 0 Å². The molecular weight excluding hydrogens is 320 g/mol. The predicted molar refractivity (Wildman–Crippen MR) is 93.1 cm³/mol. The first-order valence-electron chi connectivity index (χ1n) is 7.67. The fraction of sp³-hybridized carbons (Fsp3) is 0.105. The van der Waals surface area contributed by atoms with Crippen LogP contribution >= 0.6 is 0 Å². The number of hydrogen-bond acceptors (Lipinski definition) is 5. The Balaban J connectivity index is 2.36. The molecule has 0 amide bonds. The highest BCUT2D eigenvalue weighted by Gasteiger charge is 2.23. The highest BCUT2D eigenvalue weighted by molar-refractivity contribution is 6.24. The number of fused-ring (bicyclic) bond motifs is 1. The number of carbonyl (C=O) groups is 1. The van der Waals surface area contributed by atoms with Crippen LogP contribution in [0.3, 0.4) is 0 Å². The molecule has 3 rings (SSSR count). The van der Waals surface area contributed by atoms with E-state index < -0.39 is 17.1 Å². The molecule has 0 aliphatic carbocycles. The lowest BCUT2D eigenvalue weighted by Crippen LogP contribution is -2.26. The molecule has 0 saturated carbocycles. The third-order valence-electron chi connectivity index (χ3n) is 3.59. The number of para-hydroxylation sites is 3. The van der Waals surface area contributed by atoms with E-state index in [1.165, 1.54) is 10.5 Å². The van der Waals surface area contributed by atoms with Gasteiger partial charge >= 0.3 is 5.97 Å². The first-order valence-corrected chi connectivity index (χ1v) is 7.67. The van der Waals surface area contributed by atoms with E-state index in [4.69, 9.17) is 4.74 Å². The van der Waals surface area contributed by atoms with Crippen LogP contribution in [-0.4, -0.2) is 28.1 Å². The second kappa shape index (κ2) is 6.95. The fourth-order valence-corrected chi connectivity index (χ4v) is 2.52. The van der Waals surface area contributed by atoms with Gasteiger partial charge in [0.1, 0.15) is 5.94 Å². The molecule has 0 saturated heterocycles. The van der Waals surface area contributed by atoms with Crippen molar-refractivity contribution in [2.24, 2.45) is 0 Å². The molecule has 0 spiro atoms. The Morgan fingerprint density at radius 1 is 1.12 bits per heavy atom. The van der Waals surface area contributed by atoms with Gasteiger partial charge < -0.3 is 4.74 Å². The Morgan fingerprint density at radius 3 is 2.48 bits per heavy atom. The van der Waals surface area contributed by atoms with Gasteiger partial charge in [0.05, 0.1) is 17.6 Å². The largest absolute Gasteiger partial charge is 0.462 e. The van der Waals surface area contributed by atoms with Gasteiger partial charge in [-0.3, -0.25) is 9.36 Å². The zero-order valence-electron chi connectivity index (χ0n) is 13.4. The molecule has 0 unspecified atom stereocenters. The summed E-state index contributed by atoms with van der Waals surface area (Å²) in [4.78, 5) is 40.5. The molecule has 1 aromatic heterocycles. The van der Waals surface area contributed by atoms with Crippen LogP contribution in [0.4, 0.5) is 0 Å². The van der Waals surface area contributed by atoms with Crippen molar-refractivity contribution >= 4 is 28.5 Å². The third kappa shape index (κ3) is 2.98. The van der Waals surface area contributed by atoms with Gasteiger partial charge in [0.15, 0.2) is 11.3 Å². The Morgan fingerprint density at radius 2 is 1.80 bits per heavy atom. The minimum atomic E-state index is -0.919. The lowest BCUT2D eigenvalue weighted by molar-refractivity contribution is -0.136. The van der Waals surface area contributed by atoms with Crippen molar-refractivity contribution in [2.75, 3.05) is 6.61 Å². The molecule has 1 heterocycles. The van der Waals surface area contributed by atoms with Gasteiger partial charge in [-0.15, -0.1) is 0 Å². The molecule has 0 atom stereocenters. The number of esters is 1. The smallest absolute Gasteiger partial charge is 0.351 e. The fourth-order valence-electron chi connectivity index (χ4n) is 2.52. The highest BCUT2D eigenvalue weighted by Crippen LogP contribution is 2.18. The molecule has 0 aliphatic rings. The van der Waals surface area contributed by atoms with E-state index >= 15 is 0 Å². The van der Waals surface area contributed by atoms with Crippen LogP contribution in [0.2, 0.25) is 0 Å². The quantitative estimate of drug-likeness (QED) is 0.415. The van der Waals surface area contributed by atoms with Crippen molar-refractivity contribution in [3.8, 4) is 5.69 Å². The summed E-state index contributed by atoms with van der Waals surface area (Å²) in [6, 6.07) is 15.9. The Kier molecular flexibility index (Phi) is 4.55. The van der Waals surface area contributed by atoms with Crippen LogP contribution in [0.1, 0.15) is 12.6 Å². The molecule has 25 heavy (non-hydrogen) atoms. The van der Waals surface area contributed by atoms with Crippen LogP contribution in [0.25, 0.3) is 22.3 Å². The Labute approximate surface area is 143 Å². The van der Waals surface area contributed by atoms with Crippen LogP contribution in [0.5, 0.6) is 0 Å². The lowest BCUT2D eigenvalue weighted by atomic mass is 10.2. The highest BCUT2D eigenvalue weighted by atomic mass is 16.5. The summed E-state index contributed by atoms with van der Waals surface area (Å²) in [5.74, 6) is 0.584. The van der Waals surface area contributed by atoms with Gasteiger partial charge in [-0.05, 0) is 31.2 Å². The average molecular weight is 334 g/mol. The van der Waals surface area contributed by atoms with Crippen LogP contribution in [0.15, 0.2) is 59.4 Å². The van der Waals surface area contributed by atoms with Gasteiger partial charge in [0.25, 0.3) is 5.56 Å². The zero-order valence-corrected chi connectivity index (χ0v) is 13.4. The third-order valence-corrected chi connectivity index (χ3v) is 3.59. The number of nitrogens with zero attached hydrogens (tertiary/aromatic N) is 2. The average Bonchev–Trinajstić information content (AvgIpc) is 2.64. The summed E-state index contributed by atoms with van der Waals surface area (Å²) in [5, 5.41) is 0. The lowest BCUT2D eigenvalue weighted by Gasteiger charge is -2.12. The molecule has 3 aromatic rings. The van der Waals surface area contributed by atoms with Crippen LogP contribution < -0.4 is 5.56 Å². The SMILES string of the molecule is CCOC(=O)C(=C=O)c1nc2ccccc2n(-c2ccccc2)c1=O. The van der Waals surface area contributed by atoms with E-state index in [2.05, 4.69) is 4.98 Å². The Bertz CT molecular complexity index is 1050. The molecule has 6 nitrogen and oxygen atoms in total. The summed E-state index contributed by atoms with van der Waals surface area (Å²) in [7, 11) is 0. The zero-order chi connectivity index (χ0) is 17.8. The first-order chi connectivity index (χ1) is 12.2. The maximum atomic E-state index is 13.0. The van der Waals surface area contributed by atoms with Gasteiger partial charge in [-0.1, -0.05) is 30.3 Å². The Hall–Kier alpha value is -3.50. The molecule has 2 aromatic carbocycles. The van der Waals surface area contributed by atoms with Crippen molar-refractivity contribution in [1.29, 1.82) is 0 Å². The predicted octanol–water partition coefficient (Wildman–Crippen LogP) is 2.16. The molecule has 0 aliphatic heterocycles. The minimum Gasteiger partial charge on any atom is -0.462 e. The van der Waals surface area contributed by atoms with E-state index in [9.17, 15) is 14.4 Å².